The number of carboxylic acids is 1. The minimum absolute atomic E-state index is 0.00839. The molecule has 20 heavy (non-hydrogen) atoms. The molecule has 1 N–H and O–H groups in total. The van der Waals surface area contributed by atoms with Gasteiger partial charge in [-0.3, -0.25) is 4.79 Å². The van der Waals surface area contributed by atoms with Crippen molar-refractivity contribution < 1.29 is 14.6 Å². The van der Waals surface area contributed by atoms with Gasteiger partial charge in [0.05, 0.1) is 11.4 Å². The zero-order chi connectivity index (χ0) is 14.8. The maximum atomic E-state index is 10.7. The van der Waals surface area contributed by atoms with Crippen molar-refractivity contribution in [1.29, 1.82) is 0 Å². The summed E-state index contributed by atoms with van der Waals surface area (Å²) in [4.78, 5) is 10.7. The molecule has 0 saturated carbocycles. The lowest BCUT2D eigenvalue weighted by molar-refractivity contribution is -0.133. The lowest BCUT2D eigenvalue weighted by Crippen LogP contribution is -2.35. The van der Waals surface area contributed by atoms with Gasteiger partial charge in [-0.15, -0.1) is 10.2 Å². The van der Waals surface area contributed by atoms with Crippen LogP contribution < -0.4 is 0 Å². The van der Waals surface area contributed by atoms with Crippen molar-refractivity contribution in [3.05, 3.63) is 5.82 Å². The van der Waals surface area contributed by atoms with E-state index in [9.17, 15) is 4.79 Å². The molecule has 1 unspecified atom stereocenters. The highest BCUT2D eigenvalue weighted by atomic mass is 32.2. The van der Waals surface area contributed by atoms with Crippen molar-refractivity contribution in [3.63, 3.8) is 0 Å². The number of aliphatic carboxylic acids is 1. The monoisotopic (exact) mass is 299 g/mol. The quantitative estimate of drug-likeness (QED) is 0.839. The SMILES string of the molecule is CCc1nnc(SCC(=O)O)n1C1CCOC(C)(C)C1. The Bertz CT molecular complexity index is 487. The van der Waals surface area contributed by atoms with Crippen LogP contribution in [0, 0.1) is 0 Å². The molecule has 1 saturated heterocycles. The molecule has 2 rings (SSSR count). The number of rotatable bonds is 5. The second kappa shape index (κ2) is 6.13. The van der Waals surface area contributed by atoms with Crippen molar-refractivity contribution in [2.75, 3.05) is 12.4 Å². The Morgan fingerprint density at radius 1 is 1.55 bits per heavy atom. The first-order valence-corrected chi connectivity index (χ1v) is 7.84. The molecule has 0 aromatic carbocycles. The largest absolute Gasteiger partial charge is 0.481 e. The van der Waals surface area contributed by atoms with Crippen LogP contribution in [0.25, 0.3) is 0 Å². The topological polar surface area (TPSA) is 77.2 Å². The van der Waals surface area contributed by atoms with Gasteiger partial charge in [-0.25, -0.2) is 0 Å². The van der Waals surface area contributed by atoms with E-state index in [-0.39, 0.29) is 17.4 Å². The van der Waals surface area contributed by atoms with Crippen LogP contribution in [0.3, 0.4) is 0 Å². The predicted molar refractivity (Wildman–Crippen MR) is 76.1 cm³/mol. The molecular formula is C13H21N3O3S. The number of hydrogen-bond acceptors (Lipinski definition) is 5. The number of carboxylic acid groups (broad SMARTS) is 1. The van der Waals surface area contributed by atoms with E-state index in [1.54, 1.807) is 0 Å². The Balaban J connectivity index is 2.23. The molecule has 1 aromatic heterocycles. The van der Waals surface area contributed by atoms with Crippen molar-refractivity contribution >= 4 is 17.7 Å². The zero-order valence-electron chi connectivity index (χ0n) is 12.1. The average Bonchev–Trinajstić information content (AvgIpc) is 2.78. The van der Waals surface area contributed by atoms with Gasteiger partial charge in [0.1, 0.15) is 5.82 Å². The van der Waals surface area contributed by atoms with Crippen molar-refractivity contribution in [1.82, 2.24) is 14.8 Å². The molecule has 0 amide bonds. The highest BCUT2D eigenvalue weighted by molar-refractivity contribution is 7.99. The van der Waals surface area contributed by atoms with E-state index in [0.29, 0.717) is 11.8 Å². The third-order valence-corrected chi connectivity index (χ3v) is 4.34. The minimum atomic E-state index is -0.838. The standard InChI is InChI=1S/C13H21N3O3S/c1-4-10-14-15-12(20-8-11(17)18)16(10)9-5-6-19-13(2,3)7-9/h9H,4-8H2,1-3H3,(H,17,18). The molecule has 1 aromatic rings. The predicted octanol–water partition coefficient (Wildman–Crippen LogP) is 2.15. The fourth-order valence-electron chi connectivity index (χ4n) is 2.56. The third kappa shape index (κ3) is 3.52. The van der Waals surface area contributed by atoms with E-state index in [0.717, 1.165) is 25.1 Å². The lowest BCUT2D eigenvalue weighted by atomic mass is 9.93. The number of hydrogen-bond donors (Lipinski definition) is 1. The maximum absolute atomic E-state index is 10.7. The van der Waals surface area contributed by atoms with Gasteiger partial charge < -0.3 is 14.4 Å². The summed E-state index contributed by atoms with van der Waals surface area (Å²) in [5.74, 6) is 0.0876. The van der Waals surface area contributed by atoms with Crippen LogP contribution in [0.2, 0.25) is 0 Å². The Morgan fingerprint density at radius 2 is 2.30 bits per heavy atom. The van der Waals surface area contributed by atoms with Crippen molar-refractivity contribution in [2.24, 2.45) is 0 Å². The van der Waals surface area contributed by atoms with Gasteiger partial charge in [0.2, 0.25) is 0 Å². The molecular weight excluding hydrogens is 278 g/mol. The van der Waals surface area contributed by atoms with E-state index in [2.05, 4.69) is 28.6 Å². The van der Waals surface area contributed by atoms with Gasteiger partial charge >= 0.3 is 5.97 Å². The van der Waals surface area contributed by atoms with Crippen LogP contribution in [0.1, 0.15) is 45.5 Å². The molecule has 0 aliphatic carbocycles. The van der Waals surface area contributed by atoms with Crippen LogP contribution in [0.15, 0.2) is 5.16 Å². The summed E-state index contributed by atoms with van der Waals surface area (Å²) >= 11 is 1.23. The number of aryl methyl sites for hydroxylation is 1. The van der Waals surface area contributed by atoms with E-state index >= 15 is 0 Å². The Kier molecular flexibility index (Phi) is 4.70. The van der Waals surface area contributed by atoms with Gasteiger partial charge in [0.15, 0.2) is 5.16 Å². The molecule has 0 radical (unpaired) electrons. The van der Waals surface area contributed by atoms with Crippen LogP contribution in [0.4, 0.5) is 0 Å². The zero-order valence-corrected chi connectivity index (χ0v) is 12.9. The lowest BCUT2D eigenvalue weighted by Gasteiger charge is -2.36. The normalized spacial score (nSPS) is 21.9. The number of aromatic nitrogens is 3. The van der Waals surface area contributed by atoms with Crippen LogP contribution in [-0.4, -0.2) is 43.8 Å². The molecule has 2 heterocycles. The van der Waals surface area contributed by atoms with E-state index in [1.165, 1.54) is 11.8 Å². The first kappa shape index (κ1) is 15.3. The summed E-state index contributed by atoms with van der Waals surface area (Å²) in [5.41, 5.74) is -0.160. The Hall–Kier alpha value is -1.08. The molecule has 0 bridgehead atoms. The Morgan fingerprint density at radius 3 is 2.90 bits per heavy atom. The molecule has 1 aliphatic rings. The molecule has 112 valence electrons. The van der Waals surface area contributed by atoms with E-state index < -0.39 is 5.97 Å². The Labute approximate surface area is 122 Å². The average molecular weight is 299 g/mol. The number of thioether (sulfide) groups is 1. The molecule has 1 aliphatic heterocycles. The van der Waals surface area contributed by atoms with Crippen molar-refractivity contribution in [2.45, 2.75) is 56.8 Å². The van der Waals surface area contributed by atoms with Gasteiger partial charge in [-0.05, 0) is 26.7 Å². The van der Waals surface area contributed by atoms with E-state index in [4.69, 9.17) is 9.84 Å². The van der Waals surface area contributed by atoms with E-state index in [1.807, 2.05) is 6.92 Å². The van der Waals surface area contributed by atoms with Crippen molar-refractivity contribution in [3.8, 4) is 0 Å². The first-order chi connectivity index (χ1) is 9.43. The van der Waals surface area contributed by atoms with Gasteiger partial charge in [-0.1, -0.05) is 18.7 Å². The summed E-state index contributed by atoms with van der Waals surface area (Å²) < 4.78 is 7.86. The van der Waals surface area contributed by atoms with Gasteiger partial charge in [0.25, 0.3) is 0 Å². The maximum Gasteiger partial charge on any atom is 0.313 e. The second-order valence-corrected chi connectivity index (χ2v) is 6.50. The smallest absolute Gasteiger partial charge is 0.313 e. The number of nitrogens with zero attached hydrogens (tertiary/aromatic N) is 3. The highest BCUT2D eigenvalue weighted by Gasteiger charge is 2.32. The fourth-order valence-corrected chi connectivity index (χ4v) is 3.30. The van der Waals surface area contributed by atoms with Gasteiger partial charge in [0, 0.05) is 19.1 Å². The van der Waals surface area contributed by atoms with Gasteiger partial charge in [-0.2, -0.15) is 0 Å². The summed E-state index contributed by atoms with van der Waals surface area (Å²) in [5, 5.41) is 17.9. The molecule has 7 heteroatoms. The fraction of sp³-hybridized carbons (Fsp3) is 0.769. The second-order valence-electron chi connectivity index (χ2n) is 5.56. The molecule has 1 fully saturated rings. The minimum Gasteiger partial charge on any atom is -0.481 e. The van der Waals surface area contributed by atoms with Crippen LogP contribution >= 0.6 is 11.8 Å². The van der Waals surface area contributed by atoms with Crippen LogP contribution in [-0.2, 0) is 16.0 Å². The summed E-state index contributed by atoms with van der Waals surface area (Å²) in [7, 11) is 0. The summed E-state index contributed by atoms with van der Waals surface area (Å²) in [6.07, 6.45) is 2.59. The summed E-state index contributed by atoms with van der Waals surface area (Å²) in [6, 6.07) is 0.278. The molecule has 1 atom stereocenters. The summed E-state index contributed by atoms with van der Waals surface area (Å²) in [6.45, 7) is 6.91. The number of carbonyl (C=O) groups is 1. The highest BCUT2D eigenvalue weighted by Crippen LogP contribution is 2.35. The molecule has 0 spiro atoms. The third-order valence-electron chi connectivity index (χ3n) is 3.41. The number of ether oxygens (including phenoxy) is 1. The molecule has 6 nitrogen and oxygen atoms in total. The van der Waals surface area contributed by atoms with Crippen LogP contribution in [0.5, 0.6) is 0 Å². The first-order valence-electron chi connectivity index (χ1n) is 6.85.